The van der Waals surface area contributed by atoms with E-state index in [0.717, 1.165) is 49.4 Å². The fraction of sp³-hybridized carbons (Fsp3) is 0.333. The first-order valence-electron chi connectivity index (χ1n) is 11.3. The number of benzene rings is 2. The van der Waals surface area contributed by atoms with Crippen LogP contribution in [0.3, 0.4) is 0 Å². The summed E-state index contributed by atoms with van der Waals surface area (Å²) in [6.45, 7) is 8.38. The molecule has 0 spiro atoms. The van der Waals surface area contributed by atoms with E-state index in [-0.39, 0.29) is 12.5 Å². The first-order valence-corrected chi connectivity index (χ1v) is 11.3. The van der Waals surface area contributed by atoms with Gasteiger partial charge >= 0.3 is 0 Å². The van der Waals surface area contributed by atoms with Crippen LogP contribution in [0.5, 0.6) is 11.6 Å². The van der Waals surface area contributed by atoms with Crippen LogP contribution >= 0.6 is 0 Å². The molecule has 1 amide bonds. The zero-order valence-electron chi connectivity index (χ0n) is 19.6. The number of hydrogen-bond acceptors (Lipinski definition) is 5. The van der Waals surface area contributed by atoms with Crippen molar-refractivity contribution in [2.45, 2.75) is 20.4 Å². The van der Waals surface area contributed by atoms with Crippen molar-refractivity contribution in [1.82, 2.24) is 14.8 Å². The summed E-state index contributed by atoms with van der Waals surface area (Å²) in [4.78, 5) is 20.7. The number of fused-ring (bicyclic) bond motifs is 1. The van der Waals surface area contributed by atoms with Crippen molar-refractivity contribution >= 4 is 22.3 Å². The predicted molar refractivity (Wildman–Crippen MR) is 131 cm³/mol. The highest BCUT2D eigenvalue weighted by Gasteiger charge is 2.20. The van der Waals surface area contributed by atoms with Crippen molar-refractivity contribution in [3.63, 3.8) is 0 Å². The van der Waals surface area contributed by atoms with Crippen molar-refractivity contribution in [1.29, 1.82) is 0 Å². The van der Waals surface area contributed by atoms with Crippen molar-refractivity contribution in [3.05, 3.63) is 71.9 Å². The number of piperazine rings is 1. The van der Waals surface area contributed by atoms with E-state index in [2.05, 4.69) is 47.1 Å². The van der Waals surface area contributed by atoms with Crippen LogP contribution in [0.1, 0.15) is 25.0 Å². The maximum atomic E-state index is 12.0. The topological polar surface area (TPSA) is 54.9 Å². The summed E-state index contributed by atoms with van der Waals surface area (Å²) in [6, 6.07) is 16.6. The molecule has 1 aliphatic rings. The molecule has 1 saturated heterocycles. The minimum absolute atomic E-state index is 0.0694. The van der Waals surface area contributed by atoms with Crippen LogP contribution in [0.15, 0.2) is 60.8 Å². The standard InChI is InChI=1S/C27H31N3O3/c1-4-20(2)24-8-10-26(28-17-24)33-25-9-7-22-15-21(5-6-23(22)16-25)18-29-11-13-30(14-12-29)27(31)19-32-3/h4-10,15-17H,11-14,18-19H2,1-3H3. The second-order valence-electron chi connectivity index (χ2n) is 8.39. The van der Waals surface area contributed by atoms with Gasteiger partial charge in [-0.2, -0.15) is 0 Å². The maximum absolute atomic E-state index is 12.0. The number of hydrogen-bond donors (Lipinski definition) is 0. The Labute approximate surface area is 195 Å². The number of methoxy groups -OCH3 is 1. The summed E-state index contributed by atoms with van der Waals surface area (Å²) in [5.41, 5.74) is 3.56. The molecule has 0 radical (unpaired) electrons. The van der Waals surface area contributed by atoms with Gasteiger partial charge in [0.1, 0.15) is 12.4 Å². The monoisotopic (exact) mass is 445 g/mol. The molecule has 33 heavy (non-hydrogen) atoms. The van der Waals surface area contributed by atoms with Gasteiger partial charge in [-0.15, -0.1) is 0 Å². The zero-order chi connectivity index (χ0) is 23.2. The Balaban J connectivity index is 1.37. The Morgan fingerprint density at radius 3 is 2.48 bits per heavy atom. The summed E-state index contributed by atoms with van der Waals surface area (Å²) < 4.78 is 10.9. The molecule has 0 unspecified atom stereocenters. The number of carbonyl (C=O) groups excluding carboxylic acids is 1. The molecule has 1 aromatic heterocycles. The number of allylic oxidation sites excluding steroid dienone is 2. The number of pyridine rings is 1. The fourth-order valence-electron chi connectivity index (χ4n) is 4.02. The molecule has 1 fully saturated rings. The van der Waals surface area contributed by atoms with Gasteiger partial charge < -0.3 is 14.4 Å². The normalized spacial score (nSPS) is 15.1. The lowest BCUT2D eigenvalue weighted by Crippen LogP contribution is -2.49. The zero-order valence-corrected chi connectivity index (χ0v) is 19.6. The molecule has 2 heterocycles. The third-order valence-electron chi connectivity index (χ3n) is 6.12. The summed E-state index contributed by atoms with van der Waals surface area (Å²) in [5.74, 6) is 1.43. The SMILES string of the molecule is CC=C(C)c1ccc(Oc2ccc3cc(CN4CCN(C(=O)COC)CC4)ccc3c2)nc1. The Morgan fingerprint density at radius 2 is 1.79 bits per heavy atom. The second kappa shape index (κ2) is 10.6. The van der Waals surface area contributed by atoms with Gasteiger partial charge in [0.25, 0.3) is 0 Å². The van der Waals surface area contributed by atoms with Crippen molar-refractivity contribution in [3.8, 4) is 11.6 Å². The predicted octanol–water partition coefficient (Wildman–Crippen LogP) is 4.74. The van der Waals surface area contributed by atoms with Crippen molar-refractivity contribution in [2.24, 2.45) is 0 Å². The maximum Gasteiger partial charge on any atom is 0.248 e. The van der Waals surface area contributed by atoms with Gasteiger partial charge in [-0.05, 0) is 65.6 Å². The largest absolute Gasteiger partial charge is 0.439 e. The number of ether oxygens (including phenoxy) is 2. The quantitative estimate of drug-likeness (QED) is 0.526. The molecule has 0 atom stereocenters. The van der Waals surface area contributed by atoms with Crippen LogP contribution < -0.4 is 4.74 Å². The molecule has 0 saturated carbocycles. The number of carbonyl (C=O) groups is 1. The van der Waals surface area contributed by atoms with E-state index in [4.69, 9.17) is 9.47 Å². The smallest absolute Gasteiger partial charge is 0.248 e. The minimum Gasteiger partial charge on any atom is -0.439 e. The molecule has 1 aliphatic heterocycles. The van der Waals surface area contributed by atoms with Gasteiger partial charge in [0.2, 0.25) is 11.8 Å². The van der Waals surface area contributed by atoms with Gasteiger partial charge in [0.05, 0.1) is 0 Å². The first kappa shape index (κ1) is 23.0. The number of nitrogens with zero attached hydrogens (tertiary/aromatic N) is 3. The van der Waals surface area contributed by atoms with Crippen LogP contribution in [-0.4, -0.2) is 60.6 Å². The van der Waals surface area contributed by atoms with Crippen LogP contribution in [0.4, 0.5) is 0 Å². The third kappa shape index (κ3) is 5.78. The third-order valence-corrected chi connectivity index (χ3v) is 6.12. The molecule has 0 N–H and O–H groups in total. The van der Waals surface area contributed by atoms with E-state index in [0.29, 0.717) is 5.88 Å². The molecule has 2 aromatic carbocycles. The molecular formula is C27H31N3O3. The van der Waals surface area contributed by atoms with Gasteiger partial charge in [0.15, 0.2) is 0 Å². The van der Waals surface area contributed by atoms with Gasteiger partial charge in [0, 0.05) is 52.1 Å². The molecule has 0 aliphatic carbocycles. The molecule has 4 rings (SSSR count). The lowest BCUT2D eigenvalue weighted by molar-refractivity contribution is -0.136. The Morgan fingerprint density at radius 1 is 1.03 bits per heavy atom. The van der Waals surface area contributed by atoms with Crippen LogP contribution in [0.25, 0.3) is 16.3 Å². The highest BCUT2D eigenvalue weighted by molar-refractivity contribution is 5.84. The summed E-state index contributed by atoms with van der Waals surface area (Å²) in [5, 5.41) is 2.31. The van der Waals surface area contributed by atoms with Crippen molar-refractivity contribution in [2.75, 3.05) is 39.9 Å². The number of rotatable bonds is 7. The fourth-order valence-corrected chi connectivity index (χ4v) is 4.02. The molecule has 3 aromatic rings. The van der Waals surface area contributed by atoms with E-state index >= 15 is 0 Å². The highest BCUT2D eigenvalue weighted by Crippen LogP contribution is 2.26. The highest BCUT2D eigenvalue weighted by atomic mass is 16.5. The van der Waals surface area contributed by atoms with E-state index in [1.54, 1.807) is 7.11 Å². The van der Waals surface area contributed by atoms with Crippen molar-refractivity contribution < 1.29 is 14.3 Å². The molecule has 6 nitrogen and oxygen atoms in total. The van der Waals surface area contributed by atoms with E-state index in [9.17, 15) is 4.79 Å². The minimum atomic E-state index is 0.0694. The van der Waals surface area contributed by atoms with Crippen LogP contribution in [0.2, 0.25) is 0 Å². The Hall–Kier alpha value is -3.22. The molecule has 172 valence electrons. The molecular weight excluding hydrogens is 414 g/mol. The summed E-state index contributed by atoms with van der Waals surface area (Å²) in [7, 11) is 1.56. The lowest BCUT2D eigenvalue weighted by atomic mass is 10.1. The van der Waals surface area contributed by atoms with Gasteiger partial charge in [-0.25, -0.2) is 4.98 Å². The number of amides is 1. The Kier molecular flexibility index (Phi) is 7.37. The Bertz CT molecular complexity index is 1130. The first-order chi connectivity index (χ1) is 16.1. The lowest BCUT2D eigenvalue weighted by Gasteiger charge is -2.34. The number of aromatic nitrogens is 1. The average molecular weight is 446 g/mol. The van der Waals surface area contributed by atoms with Gasteiger partial charge in [-0.1, -0.05) is 24.3 Å². The van der Waals surface area contributed by atoms with Crippen LogP contribution in [0, 0.1) is 0 Å². The summed E-state index contributed by atoms with van der Waals surface area (Å²) in [6.07, 6.45) is 3.91. The van der Waals surface area contributed by atoms with E-state index in [1.165, 1.54) is 16.5 Å². The van der Waals surface area contributed by atoms with Crippen LogP contribution in [-0.2, 0) is 16.1 Å². The average Bonchev–Trinajstić information content (AvgIpc) is 2.84. The van der Waals surface area contributed by atoms with E-state index in [1.807, 2.05) is 42.3 Å². The molecule has 0 bridgehead atoms. The summed E-state index contributed by atoms with van der Waals surface area (Å²) >= 11 is 0. The van der Waals surface area contributed by atoms with E-state index < -0.39 is 0 Å². The molecule has 6 heteroatoms. The van der Waals surface area contributed by atoms with Gasteiger partial charge in [-0.3, -0.25) is 9.69 Å². The second-order valence-corrected chi connectivity index (χ2v) is 8.39.